The minimum absolute atomic E-state index is 0.320. The van der Waals surface area contributed by atoms with E-state index in [1.54, 1.807) is 6.92 Å². The van der Waals surface area contributed by atoms with Crippen molar-refractivity contribution < 1.29 is 23.7 Å². The van der Waals surface area contributed by atoms with Crippen LogP contribution in [0.2, 0.25) is 0 Å². The summed E-state index contributed by atoms with van der Waals surface area (Å²) in [6.45, 7) is 9.50. The lowest BCUT2D eigenvalue weighted by Crippen LogP contribution is -2.38. The molecule has 0 aromatic carbocycles. The van der Waals surface area contributed by atoms with E-state index in [9.17, 15) is 4.79 Å². The van der Waals surface area contributed by atoms with Gasteiger partial charge in [-0.15, -0.1) is 0 Å². The van der Waals surface area contributed by atoms with Crippen LogP contribution < -0.4 is 0 Å². The fourth-order valence-corrected chi connectivity index (χ4v) is 3.19. The molecule has 0 radical (unpaired) electrons. The summed E-state index contributed by atoms with van der Waals surface area (Å²) in [5.41, 5.74) is -0.547. The van der Waals surface area contributed by atoms with E-state index in [2.05, 4.69) is 6.92 Å². The highest BCUT2D eigenvalue weighted by atomic mass is 16.9. The molecular formula is C21H40O5. The first-order valence-electron chi connectivity index (χ1n) is 10.3. The molecule has 5 nitrogen and oxygen atoms in total. The summed E-state index contributed by atoms with van der Waals surface area (Å²) in [7, 11) is 1.52. The van der Waals surface area contributed by atoms with E-state index in [-0.39, 0.29) is 12.1 Å². The molecule has 1 aliphatic heterocycles. The van der Waals surface area contributed by atoms with Crippen LogP contribution in [-0.2, 0) is 23.7 Å². The van der Waals surface area contributed by atoms with Gasteiger partial charge in [0.15, 0.2) is 6.10 Å². The Kier molecular flexibility index (Phi) is 10.1. The average Bonchev–Trinajstić information content (AvgIpc) is 2.90. The van der Waals surface area contributed by atoms with E-state index in [1.165, 1.54) is 52.1 Å². The summed E-state index contributed by atoms with van der Waals surface area (Å²) in [5, 5.41) is 0. The van der Waals surface area contributed by atoms with E-state index < -0.39 is 17.7 Å². The van der Waals surface area contributed by atoms with E-state index in [4.69, 9.17) is 18.9 Å². The Bertz CT molecular complexity index is 404. The van der Waals surface area contributed by atoms with Crippen molar-refractivity contribution in [2.75, 3.05) is 7.11 Å². The molecule has 0 amide bonds. The van der Waals surface area contributed by atoms with E-state index in [1.807, 2.05) is 20.8 Å². The average molecular weight is 373 g/mol. The van der Waals surface area contributed by atoms with Crippen LogP contribution in [0, 0.1) is 0 Å². The summed E-state index contributed by atoms with van der Waals surface area (Å²) < 4.78 is 22.4. The van der Waals surface area contributed by atoms with Crippen LogP contribution in [-0.4, -0.2) is 36.9 Å². The normalized spacial score (nSPS) is 26.2. The van der Waals surface area contributed by atoms with Crippen molar-refractivity contribution in [3.63, 3.8) is 0 Å². The van der Waals surface area contributed by atoms with Gasteiger partial charge < -0.3 is 18.9 Å². The van der Waals surface area contributed by atoms with Crippen LogP contribution in [0.5, 0.6) is 0 Å². The van der Waals surface area contributed by atoms with Crippen LogP contribution in [0.1, 0.15) is 98.8 Å². The number of hydrogen-bond acceptors (Lipinski definition) is 5. The molecule has 5 heteroatoms. The molecule has 0 N–H and O–H groups in total. The lowest BCUT2D eigenvalue weighted by atomic mass is 10.0. The summed E-state index contributed by atoms with van der Waals surface area (Å²) in [6.07, 6.45) is 11.1. The number of unbranched alkanes of at least 4 members (excludes halogenated alkanes) is 8. The van der Waals surface area contributed by atoms with Crippen LogP contribution >= 0.6 is 0 Å². The van der Waals surface area contributed by atoms with E-state index in [0.29, 0.717) is 0 Å². The van der Waals surface area contributed by atoms with Crippen molar-refractivity contribution in [2.24, 2.45) is 0 Å². The van der Waals surface area contributed by atoms with Crippen LogP contribution in [0.25, 0.3) is 0 Å². The monoisotopic (exact) mass is 372 g/mol. The number of carbonyl (C=O) groups is 1. The maximum Gasteiger partial charge on any atom is 0.338 e. The van der Waals surface area contributed by atoms with Gasteiger partial charge in [0, 0.05) is 14.0 Å². The zero-order valence-electron chi connectivity index (χ0n) is 17.8. The standard InChI is InChI=1S/C21H40O5/c1-7-8-9-10-11-12-13-14-15-16-17-18(19(22)26-20(2,3)4)25-21(5,23-6)24-17/h17-18H,7-16H2,1-6H3/t17-,18+,21?/m0/s1. The van der Waals surface area contributed by atoms with Gasteiger partial charge in [0.05, 0.1) is 0 Å². The Morgan fingerprint density at radius 1 is 0.962 bits per heavy atom. The smallest absolute Gasteiger partial charge is 0.338 e. The predicted octanol–water partition coefficient (Wildman–Crippen LogP) is 5.35. The van der Waals surface area contributed by atoms with Crippen LogP contribution in [0.15, 0.2) is 0 Å². The lowest BCUT2D eigenvalue weighted by molar-refractivity contribution is -0.318. The Balaban J connectivity index is 2.35. The van der Waals surface area contributed by atoms with Crippen LogP contribution in [0.3, 0.4) is 0 Å². The number of rotatable bonds is 12. The van der Waals surface area contributed by atoms with Crippen molar-refractivity contribution in [3.8, 4) is 0 Å². The number of hydrogen-bond donors (Lipinski definition) is 0. The van der Waals surface area contributed by atoms with E-state index in [0.717, 1.165) is 19.3 Å². The molecule has 26 heavy (non-hydrogen) atoms. The van der Waals surface area contributed by atoms with E-state index >= 15 is 0 Å². The molecule has 0 aliphatic carbocycles. The highest BCUT2D eigenvalue weighted by Gasteiger charge is 2.49. The van der Waals surface area contributed by atoms with Gasteiger partial charge in [-0.3, -0.25) is 0 Å². The second-order valence-electron chi connectivity index (χ2n) is 8.41. The molecule has 1 unspecified atom stereocenters. The number of esters is 1. The predicted molar refractivity (Wildman–Crippen MR) is 103 cm³/mol. The molecule has 154 valence electrons. The van der Waals surface area contributed by atoms with Gasteiger partial charge in [0.2, 0.25) is 0 Å². The molecule has 0 aromatic heterocycles. The zero-order valence-corrected chi connectivity index (χ0v) is 17.8. The molecule has 0 saturated carbocycles. The van der Waals surface area contributed by atoms with Gasteiger partial charge >= 0.3 is 5.97 Å². The third-order valence-electron chi connectivity index (χ3n) is 4.65. The molecule has 0 spiro atoms. The first-order chi connectivity index (χ1) is 12.2. The quantitative estimate of drug-likeness (QED) is 0.341. The van der Waals surface area contributed by atoms with Gasteiger partial charge in [-0.2, -0.15) is 0 Å². The second kappa shape index (κ2) is 11.3. The van der Waals surface area contributed by atoms with Crippen molar-refractivity contribution in [2.45, 2.75) is 123 Å². The molecule has 1 saturated heterocycles. The van der Waals surface area contributed by atoms with Gasteiger partial charge in [0.1, 0.15) is 11.7 Å². The largest absolute Gasteiger partial charge is 0.458 e. The molecule has 3 atom stereocenters. The third kappa shape index (κ3) is 8.83. The summed E-state index contributed by atoms with van der Waals surface area (Å²) in [4.78, 5) is 12.5. The molecule has 1 aliphatic rings. The third-order valence-corrected chi connectivity index (χ3v) is 4.65. The van der Waals surface area contributed by atoms with Gasteiger partial charge in [-0.05, 0) is 27.2 Å². The van der Waals surface area contributed by atoms with Gasteiger partial charge in [0.25, 0.3) is 5.97 Å². The van der Waals surface area contributed by atoms with Crippen molar-refractivity contribution >= 4 is 5.97 Å². The summed E-state index contributed by atoms with van der Waals surface area (Å²) >= 11 is 0. The molecule has 1 heterocycles. The topological polar surface area (TPSA) is 54.0 Å². The van der Waals surface area contributed by atoms with Crippen molar-refractivity contribution in [1.82, 2.24) is 0 Å². The van der Waals surface area contributed by atoms with Gasteiger partial charge in [-0.25, -0.2) is 4.79 Å². The zero-order chi connectivity index (χ0) is 19.6. The molecule has 0 aromatic rings. The molecular weight excluding hydrogens is 332 g/mol. The highest BCUT2D eigenvalue weighted by Crippen LogP contribution is 2.33. The molecule has 0 bridgehead atoms. The molecule has 1 fully saturated rings. The Morgan fingerprint density at radius 3 is 2.00 bits per heavy atom. The minimum Gasteiger partial charge on any atom is -0.458 e. The fraction of sp³-hybridized carbons (Fsp3) is 0.952. The second-order valence-corrected chi connectivity index (χ2v) is 8.41. The minimum atomic E-state index is -1.18. The summed E-state index contributed by atoms with van der Waals surface area (Å²) in [6, 6.07) is 0. The first-order valence-corrected chi connectivity index (χ1v) is 10.3. The Hall–Kier alpha value is -0.650. The van der Waals surface area contributed by atoms with Crippen LogP contribution in [0.4, 0.5) is 0 Å². The van der Waals surface area contributed by atoms with Crippen molar-refractivity contribution in [3.05, 3.63) is 0 Å². The first kappa shape index (κ1) is 23.4. The summed E-state index contributed by atoms with van der Waals surface area (Å²) in [5.74, 6) is -1.55. The van der Waals surface area contributed by atoms with Crippen molar-refractivity contribution in [1.29, 1.82) is 0 Å². The Labute approximate surface area is 160 Å². The maximum absolute atomic E-state index is 12.5. The Morgan fingerprint density at radius 2 is 1.50 bits per heavy atom. The lowest BCUT2D eigenvalue weighted by Gasteiger charge is -2.23. The fourth-order valence-electron chi connectivity index (χ4n) is 3.19. The SMILES string of the molecule is CCCCCCCCCCC[C@@H]1OC(C)(OC)O[C@H]1C(=O)OC(C)(C)C. The number of methoxy groups -OCH3 is 1. The molecule has 1 rings (SSSR count). The number of ether oxygens (including phenoxy) is 4. The maximum atomic E-state index is 12.5. The van der Waals surface area contributed by atoms with Gasteiger partial charge in [-0.1, -0.05) is 64.7 Å². The number of carbonyl (C=O) groups excluding carboxylic acids is 1. The highest BCUT2D eigenvalue weighted by molar-refractivity contribution is 5.76.